The summed E-state index contributed by atoms with van der Waals surface area (Å²) in [6.07, 6.45) is 8.43. The van der Waals surface area contributed by atoms with Gasteiger partial charge in [0, 0.05) is 18.6 Å². The Labute approximate surface area is 157 Å². The number of amides is 1. The number of unbranched alkanes of at least 4 members (excludes halogenated alkanes) is 1. The fourth-order valence-corrected chi connectivity index (χ4v) is 5.82. The minimum absolute atomic E-state index is 0.0327. The van der Waals surface area contributed by atoms with Crippen molar-refractivity contribution in [3.05, 3.63) is 29.8 Å². The van der Waals surface area contributed by atoms with E-state index in [1.165, 1.54) is 51.6 Å². The van der Waals surface area contributed by atoms with E-state index in [2.05, 4.69) is 16.7 Å². The Bertz CT molecular complexity index is 645. The lowest BCUT2D eigenvalue weighted by Crippen LogP contribution is -2.65. The molecule has 3 aliphatic rings. The van der Waals surface area contributed by atoms with Crippen LogP contribution in [0.2, 0.25) is 0 Å². The first kappa shape index (κ1) is 17.8. The van der Waals surface area contributed by atoms with E-state index in [9.17, 15) is 9.90 Å². The second-order valence-electron chi connectivity index (χ2n) is 8.42. The van der Waals surface area contributed by atoms with E-state index in [1.54, 1.807) is 18.2 Å². The van der Waals surface area contributed by atoms with Gasteiger partial charge in [-0.15, -0.1) is 0 Å². The highest BCUT2D eigenvalue weighted by Gasteiger charge is 2.49. The van der Waals surface area contributed by atoms with E-state index >= 15 is 0 Å². The highest BCUT2D eigenvalue weighted by atomic mass is 16.3. The third kappa shape index (κ3) is 3.13. The smallest absolute Gasteiger partial charge is 0.257 e. The molecule has 0 saturated carbocycles. The van der Waals surface area contributed by atoms with Crippen LogP contribution in [0.5, 0.6) is 5.75 Å². The molecule has 0 bridgehead atoms. The number of benzene rings is 1. The fraction of sp³-hybridized carbons (Fsp3) is 0.682. The van der Waals surface area contributed by atoms with E-state index < -0.39 is 0 Å². The van der Waals surface area contributed by atoms with Gasteiger partial charge in [-0.2, -0.15) is 0 Å². The average Bonchev–Trinajstić information content (AvgIpc) is 2.67. The molecule has 3 fully saturated rings. The van der Waals surface area contributed by atoms with Crippen molar-refractivity contribution < 1.29 is 9.90 Å². The van der Waals surface area contributed by atoms with Gasteiger partial charge in [-0.1, -0.05) is 31.9 Å². The van der Waals surface area contributed by atoms with Crippen LogP contribution in [0.25, 0.3) is 0 Å². The molecule has 1 aromatic rings. The maximum Gasteiger partial charge on any atom is 0.257 e. The number of hydrogen-bond acceptors (Lipinski definition) is 3. The Morgan fingerprint density at radius 3 is 2.73 bits per heavy atom. The normalized spacial score (nSPS) is 31.5. The maximum atomic E-state index is 13.4. The molecule has 4 heteroatoms. The van der Waals surface area contributed by atoms with Crippen LogP contribution in [0, 0.1) is 11.8 Å². The molecule has 4 rings (SSSR count). The van der Waals surface area contributed by atoms with Crippen molar-refractivity contribution in [2.75, 3.05) is 19.6 Å². The quantitative estimate of drug-likeness (QED) is 0.890. The van der Waals surface area contributed by atoms with E-state index in [0.717, 1.165) is 13.0 Å². The van der Waals surface area contributed by atoms with Gasteiger partial charge in [0.25, 0.3) is 5.91 Å². The molecule has 3 saturated heterocycles. The standard InChI is InChI=1S/C22H32N2O2/c1-2-3-11-19-17-10-7-14-23-13-6-8-16(21(17)23)15-24(19)22(26)18-9-4-5-12-20(18)25/h4-5,9,12,16-17,19,21,25H,2-3,6-8,10-11,13-15H2,1H3/t16-,17+,19+,21-/m0/s1. The van der Waals surface area contributed by atoms with Crippen molar-refractivity contribution in [3.8, 4) is 5.75 Å². The van der Waals surface area contributed by atoms with Crippen LogP contribution < -0.4 is 0 Å². The number of carbonyl (C=O) groups excluding carboxylic acids is 1. The summed E-state index contributed by atoms with van der Waals surface area (Å²) in [6, 6.07) is 8.03. The molecule has 4 atom stereocenters. The van der Waals surface area contributed by atoms with Crippen LogP contribution in [0.4, 0.5) is 0 Å². The lowest BCUT2D eigenvalue weighted by Gasteiger charge is -2.57. The molecule has 0 spiro atoms. The molecule has 0 unspecified atom stereocenters. The van der Waals surface area contributed by atoms with Gasteiger partial charge in [-0.05, 0) is 69.2 Å². The molecular formula is C22H32N2O2. The molecule has 26 heavy (non-hydrogen) atoms. The van der Waals surface area contributed by atoms with Crippen LogP contribution in [-0.4, -0.2) is 52.5 Å². The topological polar surface area (TPSA) is 43.8 Å². The number of aromatic hydroxyl groups is 1. The van der Waals surface area contributed by atoms with Gasteiger partial charge in [0.05, 0.1) is 5.56 Å². The Morgan fingerprint density at radius 1 is 1.19 bits per heavy atom. The lowest BCUT2D eigenvalue weighted by atomic mass is 9.69. The van der Waals surface area contributed by atoms with Crippen molar-refractivity contribution in [1.29, 1.82) is 0 Å². The number of likely N-dealkylation sites (tertiary alicyclic amines) is 1. The molecule has 1 aromatic carbocycles. The van der Waals surface area contributed by atoms with Gasteiger partial charge in [0.15, 0.2) is 0 Å². The molecule has 0 aromatic heterocycles. The van der Waals surface area contributed by atoms with Gasteiger partial charge in [0.2, 0.25) is 0 Å². The van der Waals surface area contributed by atoms with Crippen LogP contribution in [-0.2, 0) is 0 Å². The summed E-state index contributed by atoms with van der Waals surface area (Å²) in [5.74, 6) is 1.35. The molecule has 4 nitrogen and oxygen atoms in total. The molecule has 1 amide bonds. The van der Waals surface area contributed by atoms with Crippen molar-refractivity contribution in [3.63, 3.8) is 0 Å². The number of para-hydroxylation sites is 1. The number of hydrogen-bond donors (Lipinski definition) is 1. The largest absolute Gasteiger partial charge is 0.507 e. The number of piperidine rings is 3. The highest BCUT2D eigenvalue weighted by Crippen LogP contribution is 2.44. The minimum Gasteiger partial charge on any atom is -0.507 e. The third-order valence-corrected chi connectivity index (χ3v) is 6.92. The Hall–Kier alpha value is -1.55. The zero-order valence-corrected chi connectivity index (χ0v) is 15.9. The molecule has 3 heterocycles. The zero-order chi connectivity index (χ0) is 18.1. The maximum absolute atomic E-state index is 13.4. The average molecular weight is 357 g/mol. The summed E-state index contributed by atoms with van der Waals surface area (Å²) in [7, 11) is 0. The zero-order valence-electron chi connectivity index (χ0n) is 15.9. The Morgan fingerprint density at radius 2 is 1.96 bits per heavy atom. The number of nitrogens with zero attached hydrogens (tertiary/aromatic N) is 2. The first-order valence-corrected chi connectivity index (χ1v) is 10.5. The monoisotopic (exact) mass is 356 g/mol. The van der Waals surface area contributed by atoms with Gasteiger partial charge in [0.1, 0.15) is 5.75 Å². The van der Waals surface area contributed by atoms with Crippen LogP contribution in [0.15, 0.2) is 24.3 Å². The summed E-state index contributed by atoms with van der Waals surface area (Å²) in [5.41, 5.74) is 0.468. The summed E-state index contributed by atoms with van der Waals surface area (Å²) in [6.45, 7) is 5.57. The summed E-state index contributed by atoms with van der Waals surface area (Å²) < 4.78 is 0. The van der Waals surface area contributed by atoms with Crippen molar-refractivity contribution >= 4 is 5.91 Å². The number of phenols is 1. The fourth-order valence-electron chi connectivity index (χ4n) is 5.82. The number of carbonyl (C=O) groups is 1. The van der Waals surface area contributed by atoms with Gasteiger partial charge in [-0.25, -0.2) is 0 Å². The van der Waals surface area contributed by atoms with E-state index in [-0.39, 0.29) is 11.7 Å². The summed E-state index contributed by atoms with van der Waals surface area (Å²) in [4.78, 5) is 18.3. The second kappa shape index (κ2) is 7.59. The third-order valence-electron chi connectivity index (χ3n) is 6.92. The minimum atomic E-state index is 0.0327. The Kier molecular flexibility index (Phi) is 5.21. The number of phenolic OH excluding ortho intramolecular Hbond substituents is 1. The molecule has 0 radical (unpaired) electrons. The van der Waals surface area contributed by atoms with Gasteiger partial charge in [-0.3, -0.25) is 9.69 Å². The van der Waals surface area contributed by atoms with Crippen LogP contribution in [0.1, 0.15) is 62.2 Å². The highest BCUT2D eigenvalue weighted by molar-refractivity contribution is 5.97. The lowest BCUT2D eigenvalue weighted by molar-refractivity contribution is -0.0672. The van der Waals surface area contributed by atoms with Crippen LogP contribution in [0.3, 0.4) is 0 Å². The predicted octanol–water partition coefficient (Wildman–Crippen LogP) is 3.90. The van der Waals surface area contributed by atoms with Crippen LogP contribution >= 0.6 is 0 Å². The predicted molar refractivity (Wildman–Crippen MR) is 103 cm³/mol. The summed E-state index contributed by atoms with van der Waals surface area (Å²) >= 11 is 0. The second-order valence-corrected chi connectivity index (χ2v) is 8.42. The van der Waals surface area contributed by atoms with Crippen molar-refractivity contribution in [1.82, 2.24) is 9.80 Å². The Balaban J connectivity index is 1.65. The number of rotatable bonds is 4. The molecular weight excluding hydrogens is 324 g/mol. The molecule has 3 aliphatic heterocycles. The molecule has 1 N–H and O–H groups in total. The van der Waals surface area contributed by atoms with Crippen molar-refractivity contribution in [2.45, 2.75) is 64.0 Å². The van der Waals surface area contributed by atoms with Gasteiger partial charge >= 0.3 is 0 Å². The first-order valence-electron chi connectivity index (χ1n) is 10.5. The van der Waals surface area contributed by atoms with Crippen molar-refractivity contribution in [2.24, 2.45) is 11.8 Å². The first-order chi connectivity index (χ1) is 12.7. The summed E-state index contributed by atoms with van der Waals surface area (Å²) in [5, 5.41) is 10.2. The van der Waals surface area contributed by atoms with E-state index in [1.807, 2.05) is 6.07 Å². The van der Waals surface area contributed by atoms with E-state index in [4.69, 9.17) is 0 Å². The van der Waals surface area contributed by atoms with Gasteiger partial charge < -0.3 is 10.0 Å². The molecule has 0 aliphatic carbocycles. The SMILES string of the molecule is CCCC[C@@H]1[C@H]2CCCN3CCC[C@@H](CN1C(=O)c1ccccc1O)[C@@H]23. The molecule has 142 valence electrons. The van der Waals surface area contributed by atoms with E-state index in [0.29, 0.717) is 29.5 Å².